The van der Waals surface area contributed by atoms with Crippen molar-refractivity contribution in [3.05, 3.63) is 30.0 Å². The Balaban J connectivity index is 0.00000420. The number of benzene rings is 1. The van der Waals surface area contributed by atoms with Gasteiger partial charge in [0.15, 0.2) is 0 Å². The summed E-state index contributed by atoms with van der Waals surface area (Å²) in [7, 11) is 0. The van der Waals surface area contributed by atoms with E-state index in [4.69, 9.17) is 5.73 Å². The molecule has 8 heteroatoms. The second kappa shape index (κ2) is 12.1. The Kier molecular flexibility index (Phi) is 10.6. The van der Waals surface area contributed by atoms with Crippen molar-refractivity contribution in [2.24, 2.45) is 11.7 Å². The number of hydrogen-bond donors (Lipinski definition) is 4. The predicted molar refractivity (Wildman–Crippen MR) is 122 cm³/mol. The molecule has 1 aromatic carbocycles. The second-order valence-corrected chi connectivity index (χ2v) is 8.81. The average molecular weight is 442 g/mol. The molecule has 2 unspecified atom stereocenters. The minimum Gasteiger partial charge on any atom is -0.480 e. The van der Waals surface area contributed by atoms with E-state index >= 15 is 0 Å². The Hall–Kier alpha value is -1.70. The lowest BCUT2D eigenvalue weighted by atomic mass is 10.1. The molecule has 0 bridgehead atoms. The van der Waals surface area contributed by atoms with Crippen molar-refractivity contribution in [2.45, 2.75) is 62.6 Å². The molecule has 29 heavy (non-hydrogen) atoms. The number of thioether (sulfide) groups is 1. The molecule has 2 rings (SSSR count). The number of hydrogen-bond acceptors (Lipinski definition) is 4. The summed E-state index contributed by atoms with van der Waals surface area (Å²) in [6.07, 6.45) is 4.42. The monoisotopic (exact) mass is 441 g/mol. The van der Waals surface area contributed by atoms with E-state index in [1.807, 2.05) is 18.3 Å². The molecule has 2 atom stereocenters. The quantitative estimate of drug-likeness (QED) is 0.310. The van der Waals surface area contributed by atoms with Gasteiger partial charge in [0.2, 0.25) is 5.91 Å². The molecule has 0 fully saturated rings. The number of carboxylic acid groups (broad SMARTS) is 1. The number of carbonyl (C=O) groups excluding carboxylic acids is 1. The van der Waals surface area contributed by atoms with Gasteiger partial charge in [0.25, 0.3) is 0 Å². The number of halogens is 1. The Morgan fingerprint density at radius 2 is 2.00 bits per heavy atom. The number of carbonyl (C=O) groups is 2. The van der Waals surface area contributed by atoms with E-state index in [1.165, 1.54) is 11.8 Å². The fourth-order valence-electron chi connectivity index (χ4n) is 3.23. The van der Waals surface area contributed by atoms with Crippen LogP contribution in [0.5, 0.6) is 0 Å². The highest BCUT2D eigenvalue weighted by Crippen LogP contribution is 2.35. The van der Waals surface area contributed by atoms with Gasteiger partial charge in [-0.25, -0.2) is 4.79 Å². The molecule has 6 nitrogen and oxygen atoms in total. The van der Waals surface area contributed by atoms with Gasteiger partial charge >= 0.3 is 5.97 Å². The van der Waals surface area contributed by atoms with Crippen LogP contribution in [0.3, 0.4) is 0 Å². The molecular weight excluding hydrogens is 410 g/mol. The number of H-pyrrole nitrogens is 1. The number of nitrogens with two attached hydrogens (primary N) is 1. The third kappa shape index (κ3) is 7.24. The number of nitrogens with one attached hydrogen (secondary N) is 2. The van der Waals surface area contributed by atoms with Crippen LogP contribution in [0.2, 0.25) is 0 Å². The van der Waals surface area contributed by atoms with Gasteiger partial charge in [0, 0.05) is 22.0 Å². The molecule has 1 amide bonds. The van der Waals surface area contributed by atoms with E-state index in [0.717, 1.165) is 27.8 Å². The topological polar surface area (TPSA) is 108 Å². The van der Waals surface area contributed by atoms with Crippen LogP contribution in [0.15, 0.2) is 29.3 Å². The average Bonchev–Trinajstić information content (AvgIpc) is 3.04. The first-order valence-electron chi connectivity index (χ1n) is 9.80. The van der Waals surface area contributed by atoms with Gasteiger partial charge in [-0.2, -0.15) is 0 Å². The van der Waals surface area contributed by atoms with Crippen LogP contribution < -0.4 is 11.1 Å². The highest BCUT2D eigenvalue weighted by molar-refractivity contribution is 8.00. The van der Waals surface area contributed by atoms with Gasteiger partial charge in [0.1, 0.15) is 6.04 Å². The lowest BCUT2D eigenvalue weighted by Crippen LogP contribution is -2.45. The van der Waals surface area contributed by atoms with E-state index in [-0.39, 0.29) is 23.6 Å². The summed E-state index contributed by atoms with van der Waals surface area (Å²) in [6.45, 7) is 6.70. The number of rotatable bonds is 11. The van der Waals surface area contributed by atoms with Gasteiger partial charge in [-0.05, 0) is 56.7 Å². The third-order valence-electron chi connectivity index (χ3n) is 4.69. The molecule has 1 heterocycles. The Morgan fingerprint density at radius 1 is 1.28 bits per heavy atom. The van der Waals surface area contributed by atoms with Crippen molar-refractivity contribution in [2.75, 3.05) is 6.54 Å². The zero-order valence-electron chi connectivity index (χ0n) is 17.2. The normalized spacial score (nSPS) is 13.1. The Labute approximate surface area is 182 Å². The summed E-state index contributed by atoms with van der Waals surface area (Å²) in [5, 5.41) is 13.0. The van der Waals surface area contributed by atoms with E-state index < -0.39 is 12.0 Å². The summed E-state index contributed by atoms with van der Waals surface area (Å²) in [6, 6.07) is 5.19. The maximum Gasteiger partial charge on any atom is 0.326 e. The van der Waals surface area contributed by atoms with Gasteiger partial charge in [-0.15, -0.1) is 24.2 Å². The van der Waals surface area contributed by atoms with E-state index in [9.17, 15) is 14.7 Å². The number of aliphatic carboxylic acids is 1. The Morgan fingerprint density at radius 3 is 2.62 bits per heavy atom. The Bertz CT molecular complexity index is 810. The van der Waals surface area contributed by atoms with Crippen molar-refractivity contribution in [3.63, 3.8) is 0 Å². The van der Waals surface area contributed by atoms with Gasteiger partial charge in [0.05, 0.1) is 5.25 Å². The molecule has 0 radical (unpaired) electrons. The first kappa shape index (κ1) is 25.3. The van der Waals surface area contributed by atoms with Crippen LogP contribution in [0.1, 0.15) is 45.1 Å². The van der Waals surface area contributed by atoms with Crippen LogP contribution in [0.4, 0.5) is 0 Å². The molecule has 0 aliphatic rings. The number of aromatic amines is 1. The van der Waals surface area contributed by atoms with Crippen LogP contribution >= 0.6 is 24.2 Å². The van der Waals surface area contributed by atoms with Crippen molar-refractivity contribution in [1.82, 2.24) is 10.3 Å². The number of carboxylic acids is 1. The molecular formula is C21H32ClN3O3S. The molecule has 0 aliphatic heterocycles. The van der Waals surface area contributed by atoms with Crippen molar-refractivity contribution < 1.29 is 14.7 Å². The van der Waals surface area contributed by atoms with E-state index in [0.29, 0.717) is 31.7 Å². The summed E-state index contributed by atoms with van der Waals surface area (Å²) >= 11 is 1.50. The molecule has 0 aliphatic carbocycles. The smallest absolute Gasteiger partial charge is 0.326 e. The van der Waals surface area contributed by atoms with Crippen molar-refractivity contribution >= 4 is 46.9 Å². The highest BCUT2D eigenvalue weighted by atomic mass is 35.5. The maximum atomic E-state index is 12.9. The summed E-state index contributed by atoms with van der Waals surface area (Å²) in [5.41, 5.74) is 7.67. The largest absolute Gasteiger partial charge is 0.480 e. The zero-order valence-corrected chi connectivity index (χ0v) is 18.9. The molecule has 5 N–H and O–H groups in total. The van der Waals surface area contributed by atoms with Gasteiger partial charge in [-0.3, -0.25) is 4.79 Å². The van der Waals surface area contributed by atoms with Crippen molar-refractivity contribution in [1.29, 1.82) is 0 Å². The minimum atomic E-state index is -0.999. The van der Waals surface area contributed by atoms with E-state index in [1.54, 1.807) is 0 Å². The number of aromatic nitrogens is 1. The first-order valence-corrected chi connectivity index (χ1v) is 10.7. The third-order valence-corrected chi connectivity index (χ3v) is 5.95. The highest BCUT2D eigenvalue weighted by Gasteiger charge is 2.27. The van der Waals surface area contributed by atoms with Crippen LogP contribution in [0, 0.1) is 12.8 Å². The van der Waals surface area contributed by atoms with Crippen LogP contribution in [-0.2, 0) is 9.59 Å². The predicted octanol–water partition coefficient (Wildman–Crippen LogP) is 4.10. The lowest BCUT2D eigenvalue weighted by molar-refractivity contribution is -0.142. The summed E-state index contributed by atoms with van der Waals surface area (Å²) < 4.78 is 0. The molecule has 162 valence electrons. The number of aryl methyl sites for hydroxylation is 1. The standard InChI is InChI=1S/C21H31N3O3S.ClH/c1-13(2)11-17(20(25)24-16(21(26)27)8-4-5-10-22)28-18-12-23-15-9-6-7-14(3)19(15)18;/h6-7,9,12-13,16-17,23H,4-5,8,10-11,22H2,1-3H3,(H,24,25)(H,26,27);1H. The number of fused-ring (bicyclic) bond motifs is 1. The molecule has 1 aromatic heterocycles. The SMILES string of the molecule is Cc1cccc2[nH]cc(SC(CC(C)C)C(=O)NC(CCCCN)C(=O)O)c12.Cl. The second-order valence-electron chi connectivity index (χ2n) is 7.57. The maximum absolute atomic E-state index is 12.9. The van der Waals surface area contributed by atoms with Crippen molar-refractivity contribution in [3.8, 4) is 0 Å². The van der Waals surface area contributed by atoms with Gasteiger partial charge in [-0.1, -0.05) is 26.0 Å². The van der Waals surface area contributed by atoms with Crippen LogP contribution in [0.25, 0.3) is 10.9 Å². The molecule has 0 saturated carbocycles. The summed E-state index contributed by atoms with van der Waals surface area (Å²) in [4.78, 5) is 28.8. The molecule has 0 saturated heterocycles. The fourth-order valence-corrected chi connectivity index (χ4v) is 4.71. The fraction of sp³-hybridized carbons (Fsp3) is 0.524. The lowest BCUT2D eigenvalue weighted by Gasteiger charge is -2.21. The summed E-state index contributed by atoms with van der Waals surface area (Å²) in [5.74, 6) is -0.904. The molecule has 2 aromatic rings. The van der Waals surface area contributed by atoms with E-state index in [2.05, 4.69) is 37.1 Å². The van der Waals surface area contributed by atoms with Gasteiger partial charge < -0.3 is 21.1 Å². The number of unbranched alkanes of at least 4 members (excludes halogenated alkanes) is 1. The zero-order chi connectivity index (χ0) is 20.7. The first-order chi connectivity index (χ1) is 13.3. The molecule has 0 spiro atoms. The van der Waals surface area contributed by atoms with Crippen LogP contribution in [-0.4, -0.2) is 39.8 Å². The number of amides is 1. The minimum absolute atomic E-state index is 0.